The number of amides is 4. The highest BCUT2D eigenvalue weighted by molar-refractivity contribution is 6.09. The Kier molecular flexibility index (Phi) is 6.31. The van der Waals surface area contributed by atoms with Crippen LogP contribution in [0.3, 0.4) is 0 Å². The number of hydrogen-bond donors (Lipinski definition) is 1. The molecule has 1 aliphatic carbocycles. The molecule has 1 saturated carbocycles. The number of hydrogen-bond acceptors (Lipinski definition) is 5. The molecule has 0 bridgehead atoms. The molecule has 1 aromatic rings. The van der Waals surface area contributed by atoms with Gasteiger partial charge in [-0.15, -0.1) is 0 Å². The van der Waals surface area contributed by atoms with Gasteiger partial charge >= 0.3 is 6.03 Å². The number of fused-ring (bicyclic) bond motifs is 1. The first-order valence-electron chi connectivity index (χ1n) is 11.7. The molecule has 1 unspecified atom stereocenters. The molecular formula is C24H33N3O5. The van der Waals surface area contributed by atoms with Crippen LogP contribution in [0, 0.1) is 0 Å². The van der Waals surface area contributed by atoms with Gasteiger partial charge in [-0.25, -0.2) is 4.79 Å². The Hall–Kier alpha value is -2.77. The summed E-state index contributed by atoms with van der Waals surface area (Å²) in [4.78, 5) is 42.3. The zero-order chi connectivity index (χ0) is 22.9. The number of benzene rings is 1. The van der Waals surface area contributed by atoms with E-state index in [0.29, 0.717) is 30.3 Å². The number of carbonyl (C=O) groups is 3. The van der Waals surface area contributed by atoms with Crippen LogP contribution in [0.15, 0.2) is 18.2 Å². The predicted octanol–water partition coefficient (Wildman–Crippen LogP) is 3.18. The van der Waals surface area contributed by atoms with Gasteiger partial charge in [0.1, 0.15) is 12.1 Å². The van der Waals surface area contributed by atoms with Crippen LogP contribution >= 0.6 is 0 Å². The van der Waals surface area contributed by atoms with Crippen LogP contribution in [0.1, 0.15) is 64.9 Å². The highest BCUT2D eigenvalue weighted by Crippen LogP contribution is 2.36. The molecule has 1 atom stereocenters. The van der Waals surface area contributed by atoms with E-state index >= 15 is 0 Å². The molecule has 2 fully saturated rings. The summed E-state index contributed by atoms with van der Waals surface area (Å²) in [5, 5.41) is 2.79. The van der Waals surface area contributed by atoms with Gasteiger partial charge in [0.2, 0.25) is 5.91 Å². The summed E-state index contributed by atoms with van der Waals surface area (Å²) in [5.74, 6) is 0.566. The van der Waals surface area contributed by atoms with Gasteiger partial charge in [-0.1, -0.05) is 25.3 Å². The van der Waals surface area contributed by atoms with E-state index in [4.69, 9.17) is 9.47 Å². The number of ether oxygens (including phenoxy) is 2. The van der Waals surface area contributed by atoms with Gasteiger partial charge < -0.3 is 19.7 Å². The van der Waals surface area contributed by atoms with Gasteiger partial charge in [0.25, 0.3) is 5.91 Å². The maximum atomic E-state index is 13.4. The average Bonchev–Trinajstić information content (AvgIpc) is 2.93. The molecule has 2 heterocycles. The van der Waals surface area contributed by atoms with Crippen LogP contribution in [-0.4, -0.2) is 59.5 Å². The second-order valence-corrected chi connectivity index (χ2v) is 9.35. The van der Waals surface area contributed by atoms with Crippen molar-refractivity contribution in [2.24, 2.45) is 0 Å². The van der Waals surface area contributed by atoms with Crippen LogP contribution in [-0.2, 0) is 15.1 Å². The van der Waals surface area contributed by atoms with Gasteiger partial charge in [-0.2, -0.15) is 0 Å². The first-order valence-corrected chi connectivity index (χ1v) is 11.7. The summed E-state index contributed by atoms with van der Waals surface area (Å²) >= 11 is 0. The van der Waals surface area contributed by atoms with Crippen LogP contribution in [0.2, 0.25) is 0 Å². The lowest BCUT2D eigenvalue weighted by atomic mass is 9.91. The van der Waals surface area contributed by atoms with E-state index in [-0.39, 0.29) is 24.5 Å². The van der Waals surface area contributed by atoms with Crippen molar-refractivity contribution in [3.63, 3.8) is 0 Å². The smallest absolute Gasteiger partial charge is 0.325 e. The second kappa shape index (κ2) is 9.00. The Bertz CT molecular complexity index is 896. The Balaban J connectivity index is 1.53. The SMILES string of the molecule is CC(C)N(C(=O)CN1C(=O)NC(C)(c2ccc3c(c2)OCCCO3)C1=O)C1CCCCC1. The Morgan fingerprint density at radius 3 is 2.50 bits per heavy atom. The molecule has 1 N–H and O–H groups in total. The van der Waals surface area contributed by atoms with Crippen LogP contribution in [0.25, 0.3) is 0 Å². The molecule has 0 radical (unpaired) electrons. The molecule has 1 aromatic carbocycles. The molecule has 0 spiro atoms. The largest absolute Gasteiger partial charge is 0.490 e. The van der Waals surface area contributed by atoms with Crippen molar-refractivity contribution in [1.29, 1.82) is 0 Å². The van der Waals surface area contributed by atoms with E-state index in [2.05, 4.69) is 5.32 Å². The Labute approximate surface area is 189 Å². The maximum Gasteiger partial charge on any atom is 0.325 e. The fourth-order valence-electron chi connectivity index (χ4n) is 5.00. The van der Waals surface area contributed by atoms with Gasteiger partial charge in [-0.05, 0) is 51.3 Å². The summed E-state index contributed by atoms with van der Waals surface area (Å²) in [6.07, 6.45) is 6.12. The van der Waals surface area contributed by atoms with E-state index in [1.165, 1.54) is 6.42 Å². The third-order valence-corrected chi connectivity index (χ3v) is 6.71. The summed E-state index contributed by atoms with van der Waals surface area (Å²) < 4.78 is 11.4. The van der Waals surface area contributed by atoms with E-state index < -0.39 is 17.5 Å². The summed E-state index contributed by atoms with van der Waals surface area (Å²) in [7, 11) is 0. The van der Waals surface area contributed by atoms with Crippen molar-refractivity contribution in [3.8, 4) is 11.5 Å². The Morgan fingerprint density at radius 2 is 1.81 bits per heavy atom. The van der Waals surface area contributed by atoms with E-state index in [1.54, 1.807) is 25.1 Å². The minimum atomic E-state index is -1.27. The molecule has 4 amide bonds. The lowest BCUT2D eigenvalue weighted by molar-refractivity contribution is -0.142. The molecule has 3 aliphatic rings. The molecule has 1 saturated heterocycles. The topological polar surface area (TPSA) is 88.2 Å². The summed E-state index contributed by atoms with van der Waals surface area (Å²) in [5.41, 5.74) is -0.668. The lowest BCUT2D eigenvalue weighted by Crippen LogP contribution is -2.51. The number of carbonyl (C=O) groups excluding carboxylic acids is 3. The highest BCUT2D eigenvalue weighted by atomic mass is 16.5. The van der Waals surface area contributed by atoms with Crippen LogP contribution < -0.4 is 14.8 Å². The second-order valence-electron chi connectivity index (χ2n) is 9.35. The van der Waals surface area contributed by atoms with Crippen molar-refractivity contribution >= 4 is 17.8 Å². The van der Waals surface area contributed by atoms with E-state index in [1.807, 2.05) is 18.7 Å². The number of rotatable bonds is 5. The van der Waals surface area contributed by atoms with Gasteiger partial charge in [-0.3, -0.25) is 14.5 Å². The standard InChI is InChI=1S/C24H33N3O5/c1-16(2)27(18-8-5-4-6-9-18)21(28)15-26-22(29)24(3,25-23(26)30)17-10-11-19-20(14-17)32-13-7-12-31-19/h10-11,14,16,18H,4-9,12-13,15H2,1-3H3,(H,25,30). The maximum absolute atomic E-state index is 13.4. The minimum absolute atomic E-state index is 0.0134. The lowest BCUT2D eigenvalue weighted by Gasteiger charge is -2.38. The first-order chi connectivity index (χ1) is 15.3. The number of imide groups is 1. The molecule has 4 rings (SSSR count). The molecule has 2 aliphatic heterocycles. The third kappa shape index (κ3) is 4.14. The zero-order valence-electron chi connectivity index (χ0n) is 19.2. The van der Waals surface area contributed by atoms with Crippen molar-refractivity contribution in [2.45, 2.75) is 76.9 Å². The van der Waals surface area contributed by atoms with Crippen LogP contribution in [0.4, 0.5) is 4.79 Å². The quantitative estimate of drug-likeness (QED) is 0.706. The highest BCUT2D eigenvalue weighted by Gasteiger charge is 2.50. The molecule has 8 heteroatoms. The average molecular weight is 444 g/mol. The van der Waals surface area contributed by atoms with E-state index in [0.717, 1.165) is 37.0 Å². The van der Waals surface area contributed by atoms with Crippen molar-refractivity contribution in [2.75, 3.05) is 19.8 Å². The van der Waals surface area contributed by atoms with Gasteiger partial charge in [0.05, 0.1) is 13.2 Å². The monoisotopic (exact) mass is 443 g/mol. The van der Waals surface area contributed by atoms with Crippen molar-refractivity contribution in [1.82, 2.24) is 15.1 Å². The molecule has 8 nitrogen and oxygen atoms in total. The summed E-state index contributed by atoms with van der Waals surface area (Å²) in [6, 6.07) is 4.90. The predicted molar refractivity (Wildman–Crippen MR) is 119 cm³/mol. The minimum Gasteiger partial charge on any atom is -0.490 e. The summed E-state index contributed by atoms with van der Waals surface area (Å²) in [6.45, 7) is 6.49. The third-order valence-electron chi connectivity index (χ3n) is 6.71. The fraction of sp³-hybridized carbons (Fsp3) is 0.625. The first kappa shape index (κ1) is 22.4. The normalized spacial score (nSPS) is 23.8. The van der Waals surface area contributed by atoms with E-state index in [9.17, 15) is 14.4 Å². The fourth-order valence-corrected chi connectivity index (χ4v) is 5.00. The van der Waals surface area contributed by atoms with Gasteiger partial charge in [0.15, 0.2) is 11.5 Å². The van der Waals surface area contributed by atoms with Crippen molar-refractivity contribution < 1.29 is 23.9 Å². The Morgan fingerprint density at radius 1 is 1.12 bits per heavy atom. The molecular weight excluding hydrogens is 410 g/mol. The molecule has 32 heavy (non-hydrogen) atoms. The molecule has 0 aromatic heterocycles. The number of urea groups is 1. The zero-order valence-corrected chi connectivity index (χ0v) is 19.2. The number of nitrogens with zero attached hydrogens (tertiary/aromatic N) is 2. The van der Waals surface area contributed by atoms with Crippen molar-refractivity contribution in [3.05, 3.63) is 23.8 Å². The van der Waals surface area contributed by atoms with Gasteiger partial charge in [0, 0.05) is 18.5 Å². The number of nitrogens with one attached hydrogen (secondary N) is 1. The molecule has 174 valence electrons. The van der Waals surface area contributed by atoms with Crippen LogP contribution in [0.5, 0.6) is 11.5 Å².